The van der Waals surface area contributed by atoms with Crippen molar-refractivity contribution in [2.45, 2.75) is 41.2 Å². The molecule has 0 spiro atoms. The molecule has 0 amide bonds. The predicted octanol–water partition coefficient (Wildman–Crippen LogP) is 7.08. The minimum absolute atomic E-state index is 0.332. The summed E-state index contributed by atoms with van der Waals surface area (Å²) in [6.45, 7) is 10.1. The Bertz CT molecular complexity index is 1130. The van der Waals surface area contributed by atoms with Gasteiger partial charge in [-0.15, -0.1) is 0 Å². The summed E-state index contributed by atoms with van der Waals surface area (Å²) in [6.07, 6.45) is 1.62. The van der Waals surface area contributed by atoms with Gasteiger partial charge in [-0.3, -0.25) is 0 Å². The molecule has 33 heavy (non-hydrogen) atoms. The van der Waals surface area contributed by atoms with E-state index in [9.17, 15) is 4.79 Å². The van der Waals surface area contributed by atoms with Gasteiger partial charge in [-0.05, 0) is 75.1 Å². The number of aryl methyl sites for hydroxylation is 2. The van der Waals surface area contributed by atoms with Gasteiger partial charge in [0.15, 0.2) is 5.75 Å². The highest BCUT2D eigenvalue weighted by molar-refractivity contribution is 6.32. The molecular weight excluding hydrogens is 438 g/mol. The summed E-state index contributed by atoms with van der Waals surface area (Å²) in [5, 5.41) is 0.433. The van der Waals surface area contributed by atoms with E-state index < -0.39 is 0 Å². The molecule has 1 heterocycles. The second-order valence-electron chi connectivity index (χ2n) is 7.78. The van der Waals surface area contributed by atoms with Crippen LogP contribution in [0.2, 0.25) is 5.02 Å². The Morgan fingerprint density at radius 1 is 1.03 bits per heavy atom. The van der Waals surface area contributed by atoms with Gasteiger partial charge in [0.05, 0.1) is 17.8 Å². The SMILES string of the molecule is CCOC(=O)C(C)=C(C)c1cc(C)c(Oc2ccc(OCc3ccc(C)cc3)cn2)c(Cl)c1. The van der Waals surface area contributed by atoms with Gasteiger partial charge >= 0.3 is 5.97 Å². The van der Waals surface area contributed by atoms with Gasteiger partial charge in [-0.2, -0.15) is 0 Å². The Morgan fingerprint density at radius 2 is 1.76 bits per heavy atom. The van der Waals surface area contributed by atoms with Crippen molar-refractivity contribution in [3.05, 3.63) is 87.6 Å². The highest BCUT2D eigenvalue weighted by Gasteiger charge is 2.15. The van der Waals surface area contributed by atoms with Crippen molar-refractivity contribution in [1.82, 2.24) is 4.98 Å². The fraction of sp³-hybridized carbons (Fsp3) is 0.259. The maximum absolute atomic E-state index is 12.0. The number of esters is 1. The summed E-state index contributed by atoms with van der Waals surface area (Å²) in [6, 6.07) is 15.5. The van der Waals surface area contributed by atoms with Crippen molar-refractivity contribution in [2.24, 2.45) is 0 Å². The van der Waals surface area contributed by atoms with Crippen LogP contribution in [0.4, 0.5) is 0 Å². The van der Waals surface area contributed by atoms with Crippen LogP contribution in [0.3, 0.4) is 0 Å². The number of halogens is 1. The molecule has 3 aromatic rings. The number of benzene rings is 2. The van der Waals surface area contributed by atoms with E-state index in [1.807, 2.05) is 38.1 Å². The molecule has 0 aliphatic carbocycles. The van der Waals surface area contributed by atoms with E-state index in [1.54, 1.807) is 32.2 Å². The average Bonchev–Trinajstić information content (AvgIpc) is 2.81. The molecule has 0 aliphatic heterocycles. The maximum atomic E-state index is 12.0. The molecule has 0 bridgehead atoms. The molecule has 5 nitrogen and oxygen atoms in total. The summed E-state index contributed by atoms with van der Waals surface area (Å²) >= 11 is 6.52. The number of pyridine rings is 1. The first kappa shape index (κ1) is 24.3. The number of allylic oxidation sites excluding steroid dienone is 1. The molecule has 0 saturated heterocycles. The van der Waals surface area contributed by atoms with E-state index >= 15 is 0 Å². The third-order valence-electron chi connectivity index (χ3n) is 5.25. The van der Waals surface area contributed by atoms with E-state index in [2.05, 4.69) is 24.0 Å². The molecule has 3 rings (SSSR count). The Morgan fingerprint density at radius 3 is 2.36 bits per heavy atom. The van der Waals surface area contributed by atoms with Gasteiger partial charge in [-0.1, -0.05) is 41.4 Å². The van der Waals surface area contributed by atoms with Crippen LogP contribution in [-0.2, 0) is 16.1 Å². The predicted molar refractivity (Wildman–Crippen MR) is 131 cm³/mol. The van der Waals surface area contributed by atoms with Crippen molar-refractivity contribution in [2.75, 3.05) is 6.61 Å². The molecule has 0 unspecified atom stereocenters. The van der Waals surface area contributed by atoms with Crippen molar-refractivity contribution < 1.29 is 19.0 Å². The number of hydrogen-bond acceptors (Lipinski definition) is 5. The summed E-state index contributed by atoms with van der Waals surface area (Å²) in [5.41, 5.74) is 5.32. The second-order valence-corrected chi connectivity index (χ2v) is 8.19. The lowest BCUT2D eigenvalue weighted by molar-refractivity contribution is -0.138. The minimum atomic E-state index is -0.335. The summed E-state index contributed by atoms with van der Waals surface area (Å²) < 4.78 is 16.8. The number of ether oxygens (including phenoxy) is 3. The molecule has 0 fully saturated rings. The van der Waals surface area contributed by atoms with Crippen LogP contribution in [0.15, 0.2) is 60.3 Å². The van der Waals surface area contributed by atoms with Crippen LogP contribution in [0.5, 0.6) is 17.4 Å². The first-order chi connectivity index (χ1) is 15.8. The molecule has 1 aromatic heterocycles. The monoisotopic (exact) mass is 465 g/mol. The number of aromatic nitrogens is 1. The summed E-state index contributed by atoms with van der Waals surface area (Å²) in [7, 11) is 0. The molecule has 2 aromatic carbocycles. The standard InChI is InChI=1S/C27H28ClNO4/c1-6-31-27(30)20(5)19(4)22-13-18(3)26(24(28)14-22)33-25-12-11-23(15-29-25)32-16-21-9-7-17(2)8-10-21/h7-15H,6,16H2,1-5H3. The highest BCUT2D eigenvalue weighted by Crippen LogP contribution is 2.36. The zero-order valence-corrected chi connectivity index (χ0v) is 20.3. The third kappa shape index (κ3) is 6.36. The molecule has 0 aliphatic rings. The molecule has 172 valence electrons. The van der Waals surface area contributed by atoms with E-state index in [0.29, 0.717) is 41.2 Å². The van der Waals surface area contributed by atoms with E-state index in [1.165, 1.54) is 5.56 Å². The van der Waals surface area contributed by atoms with Gasteiger partial charge in [-0.25, -0.2) is 9.78 Å². The molecule has 0 N–H and O–H groups in total. The first-order valence-electron chi connectivity index (χ1n) is 10.8. The van der Waals surface area contributed by atoms with Crippen LogP contribution in [0.1, 0.15) is 43.0 Å². The fourth-order valence-corrected chi connectivity index (χ4v) is 3.46. The normalized spacial score (nSPS) is 11.6. The van der Waals surface area contributed by atoms with Gasteiger partial charge in [0.2, 0.25) is 5.88 Å². The number of carbonyl (C=O) groups excluding carboxylic acids is 1. The van der Waals surface area contributed by atoms with E-state index in [-0.39, 0.29) is 5.97 Å². The zero-order valence-electron chi connectivity index (χ0n) is 19.6. The second kappa shape index (κ2) is 11.0. The molecule has 0 atom stereocenters. The lowest BCUT2D eigenvalue weighted by Crippen LogP contribution is -2.07. The Hall–Kier alpha value is -3.31. The summed E-state index contributed by atoms with van der Waals surface area (Å²) in [5.74, 6) is 1.24. The topological polar surface area (TPSA) is 57.7 Å². The molecule has 6 heteroatoms. The van der Waals surface area contributed by atoms with Crippen molar-refractivity contribution in [1.29, 1.82) is 0 Å². The van der Waals surface area contributed by atoms with Crippen LogP contribution < -0.4 is 9.47 Å². The smallest absolute Gasteiger partial charge is 0.333 e. The van der Waals surface area contributed by atoms with Gasteiger partial charge in [0.25, 0.3) is 0 Å². The van der Waals surface area contributed by atoms with Gasteiger partial charge in [0.1, 0.15) is 12.4 Å². The maximum Gasteiger partial charge on any atom is 0.333 e. The lowest BCUT2D eigenvalue weighted by atomic mass is 10.00. The zero-order chi connectivity index (χ0) is 24.0. The van der Waals surface area contributed by atoms with Gasteiger partial charge in [0, 0.05) is 11.6 Å². The van der Waals surface area contributed by atoms with Crippen LogP contribution in [-0.4, -0.2) is 17.6 Å². The van der Waals surface area contributed by atoms with E-state index in [0.717, 1.165) is 22.3 Å². The van der Waals surface area contributed by atoms with Crippen molar-refractivity contribution in [3.8, 4) is 17.4 Å². The van der Waals surface area contributed by atoms with Crippen LogP contribution in [0, 0.1) is 13.8 Å². The summed E-state index contributed by atoms with van der Waals surface area (Å²) in [4.78, 5) is 16.4. The third-order valence-corrected chi connectivity index (χ3v) is 5.53. The lowest BCUT2D eigenvalue weighted by Gasteiger charge is -2.14. The van der Waals surface area contributed by atoms with Crippen molar-refractivity contribution >= 4 is 23.1 Å². The molecule has 0 radical (unpaired) electrons. The quantitative estimate of drug-likeness (QED) is 0.263. The van der Waals surface area contributed by atoms with E-state index in [4.69, 9.17) is 25.8 Å². The minimum Gasteiger partial charge on any atom is -0.487 e. The van der Waals surface area contributed by atoms with Crippen LogP contribution in [0.25, 0.3) is 5.57 Å². The number of hydrogen-bond donors (Lipinski definition) is 0. The number of carbonyl (C=O) groups is 1. The largest absolute Gasteiger partial charge is 0.487 e. The highest BCUT2D eigenvalue weighted by atomic mass is 35.5. The average molecular weight is 466 g/mol. The Labute approximate surface area is 200 Å². The Kier molecular flexibility index (Phi) is 8.12. The molecular formula is C27H28ClNO4. The fourth-order valence-electron chi connectivity index (χ4n) is 3.15. The number of nitrogens with zero attached hydrogens (tertiary/aromatic N) is 1. The van der Waals surface area contributed by atoms with Crippen LogP contribution >= 0.6 is 11.6 Å². The first-order valence-corrected chi connectivity index (χ1v) is 11.1. The van der Waals surface area contributed by atoms with Gasteiger partial charge < -0.3 is 14.2 Å². The molecule has 0 saturated carbocycles. The number of rotatable bonds is 8. The Balaban J connectivity index is 1.71. The van der Waals surface area contributed by atoms with Crippen molar-refractivity contribution in [3.63, 3.8) is 0 Å².